The fourth-order valence-electron chi connectivity index (χ4n) is 3.65. The van der Waals surface area contributed by atoms with Gasteiger partial charge in [-0.05, 0) is 43.5 Å². The predicted molar refractivity (Wildman–Crippen MR) is 119 cm³/mol. The third-order valence-electron chi connectivity index (χ3n) is 5.22. The van der Waals surface area contributed by atoms with Crippen molar-refractivity contribution in [1.29, 1.82) is 0 Å². The molecule has 2 aromatic rings. The van der Waals surface area contributed by atoms with Gasteiger partial charge < -0.3 is 19.5 Å². The van der Waals surface area contributed by atoms with Gasteiger partial charge in [-0.25, -0.2) is 0 Å². The summed E-state index contributed by atoms with van der Waals surface area (Å²) < 4.78 is 15.8. The van der Waals surface area contributed by atoms with E-state index in [9.17, 15) is 9.59 Å². The van der Waals surface area contributed by atoms with E-state index in [4.69, 9.17) is 14.2 Å². The maximum Gasteiger partial charge on any atom is 0.278 e. The van der Waals surface area contributed by atoms with E-state index in [1.165, 1.54) is 4.90 Å². The van der Waals surface area contributed by atoms with Crippen LogP contribution in [0.25, 0.3) is 5.57 Å². The van der Waals surface area contributed by atoms with Gasteiger partial charge in [-0.1, -0.05) is 23.8 Å². The normalized spacial score (nSPS) is 13.8. The van der Waals surface area contributed by atoms with Crippen molar-refractivity contribution >= 4 is 23.1 Å². The van der Waals surface area contributed by atoms with Crippen LogP contribution >= 0.6 is 0 Å². The van der Waals surface area contributed by atoms with Crippen LogP contribution in [0.15, 0.2) is 42.1 Å². The van der Waals surface area contributed by atoms with E-state index >= 15 is 0 Å². The molecule has 0 unspecified atom stereocenters. The molecule has 0 aliphatic carbocycles. The van der Waals surface area contributed by atoms with Crippen LogP contribution in [-0.2, 0) is 14.3 Å². The van der Waals surface area contributed by atoms with Gasteiger partial charge in [0.2, 0.25) is 0 Å². The summed E-state index contributed by atoms with van der Waals surface area (Å²) in [7, 11) is 4.70. The molecule has 3 rings (SSSR count). The largest absolute Gasteiger partial charge is 0.497 e. The molecule has 0 spiro atoms. The van der Waals surface area contributed by atoms with Gasteiger partial charge in [-0.3, -0.25) is 14.5 Å². The Balaban J connectivity index is 2.10. The molecule has 0 radical (unpaired) electrons. The maximum atomic E-state index is 13.3. The van der Waals surface area contributed by atoms with Crippen LogP contribution in [-0.4, -0.2) is 51.2 Å². The zero-order valence-corrected chi connectivity index (χ0v) is 18.6. The third kappa shape index (κ3) is 4.56. The number of hydrogen-bond donors (Lipinski definition) is 1. The summed E-state index contributed by atoms with van der Waals surface area (Å²) in [6.07, 6.45) is 0.559. The second-order valence-electron chi connectivity index (χ2n) is 7.37. The average molecular weight is 424 g/mol. The maximum absolute atomic E-state index is 13.3. The quantitative estimate of drug-likeness (QED) is 0.490. The molecule has 7 heteroatoms. The van der Waals surface area contributed by atoms with Crippen molar-refractivity contribution in [3.63, 3.8) is 0 Å². The van der Waals surface area contributed by atoms with Crippen LogP contribution in [0.1, 0.15) is 23.1 Å². The lowest BCUT2D eigenvalue weighted by atomic mass is 9.97. The molecule has 0 aromatic heterocycles. The molecular formula is C24H28N2O5. The molecule has 0 saturated carbocycles. The molecule has 1 N–H and O–H groups in total. The highest BCUT2D eigenvalue weighted by molar-refractivity contribution is 6.36. The Morgan fingerprint density at radius 1 is 0.935 bits per heavy atom. The minimum absolute atomic E-state index is 0.223. The molecule has 0 atom stereocenters. The summed E-state index contributed by atoms with van der Waals surface area (Å²) in [5.41, 5.74) is 3.85. The van der Waals surface area contributed by atoms with Crippen molar-refractivity contribution in [1.82, 2.24) is 4.90 Å². The van der Waals surface area contributed by atoms with Gasteiger partial charge in [0.05, 0.1) is 25.5 Å². The number of anilines is 1. The summed E-state index contributed by atoms with van der Waals surface area (Å²) in [4.78, 5) is 27.9. The smallest absolute Gasteiger partial charge is 0.278 e. The molecule has 2 amide bonds. The Kier molecular flexibility index (Phi) is 6.97. The molecule has 164 valence electrons. The van der Waals surface area contributed by atoms with Crippen LogP contribution in [0, 0.1) is 13.8 Å². The van der Waals surface area contributed by atoms with Crippen molar-refractivity contribution in [2.45, 2.75) is 20.3 Å². The number of methoxy groups -OCH3 is 3. The summed E-state index contributed by atoms with van der Waals surface area (Å²) in [6, 6.07) is 11.1. The second-order valence-corrected chi connectivity index (χ2v) is 7.37. The van der Waals surface area contributed by atoms with Crippen LogP contribution in [0.3, 0.4) is 0 Å². The fraction of sp³-hybridized carbons (Fsp3) is 0.333. The van der Waals surface area contributed by atoms with Crippen molar-refractivity contribution in [2.24, 2.45) is 0 Å². The van der Waals surface area contributed by atoms with E-state index in [0.717, 1.165) is 16.7 Å². The number of aryl methyl sites for hydroxylation is 2. The number of benzene rings is 2. The minimum Gasteiger partial charge on any atom is -0.497 e. The number of carbonyl (C=O) groups is 2. The first kappa shape index (κ1) is 22.4. The summed E-state index contributed by atoms with van der Waals surface area (Å²) in [6.45, 7) is 4.66. The molecule has 0 fully saturated rings. The van der Waals surface area contributed by atoms with E-state index in [1.54, 1.807) is 39.5 Å². The average Bonchev–Trinajstić information content (AvgIpc) is 2.98. The molecule has 1 aliphatic heterocycles. The number of amides is 2. The lowest BCUT2D eigenvalue weighted by Gasteiger charge is -2.16. The van der Waals surface area contributed by atoms with E-state index in [2.05, 4.69) is 5.32 Å². The van der Waals surface area contributed by atoms with Gasteiger partial charge in [0.25, 0.3) is 11.8 Å². The molecule has 0 saturated heterocycles. The van der Waals surface area contributed by atoms with Gasteiger partial charge >= 0.3 is 0 Å². The first-order chi connectivity index (χ1) is 14.9. The standard InChI is InChI=1S/C24H28N2O5/c1-15-7-9-18(16(2)13-15)21-22(24(28)26(23(21)27)11-6-12-29-3)25-19-14-17(30-4)8-10-20(19)31-5/h7-10,13-14,25H,6,11-12H2,1-5H3. The van der Waals surface area contributed by atoms with Gasteiger partial charge in [-0.15, -0.1) is 0 Å². The SMILES string of the molecule is COCCCN1C(=O)C(Nc2cc(OC)ccc2OC)=C(c2ccc(C)cc2C)C1=O. The summed E-state index contributed by atoms with van der Waals surface area (Å²) in [5.74, 6) is 0.440. The Morgan fingerprint density at radius 2 is 1.71 bits per heavy atom. The number of hydrogen-bond acceptors (Lipinski definition) is 6. The summed E-state index contributed by atoms with van der Waals surface area (Å²) in [5, 5.41) is 3.16. The Morgan fingerprint density at radius 3 is 2.35 bits per heavy atom. The van der Waals surface area contributed by atoms with Gasteiger partial charge in [-0.2, -0.15) is 0 Å². The lowest BCUT2D eigenvalue weighted by molar-refractivity contribution is -0.137. The minimum atomic E-state index is -0.374. The number of nitrogens with zero attached hydrogens (tertiary/aromatic N) is 1. The second kappa shape index (κ2) is 9.66. The van der Waals surface area contributed by atoms with Crippen molar-refractivity contribution < 1.29 is 23.8 Å². The van der Waals surface area contributed by atoms with E-state index in [1.807, 2.05) is 32.0 Å². The van der Waals surface area contributed by atoms with E-state index < -0.39 is 0 Å². The number of rotatable bonds is 9. The predicted octanol–water partition coefficient (Wildman–Crippen LogP) is 3.55. The number of carbonyl (C=O) groups excluding carboxylic acids is 2. The lowest BCUT2D eigenvalue weighted by Crippen LogP contribution is -2.34. The highest BCUT2D eigenvalue weighted by Gasteiger charge is 2.39. The number of nitrogens with one attached hydrogen (secondary N) is 1. The molecule has 31 heavy (non-hydrogen) atoms. The van der Waals surface area contributed by atoms with E-state index in [0.29, 0.717) is 35.8 Å². The van der Waals surface area contributed by atoms with Crippen LogP contribution < -0.4 is 14.8 Å². The molecular weight excluding hydrogens is 396 g/mol. The van der Waals surface area contributed by atoms with Crippen LogP contribution in [0.5, 0.6) is 11.5 Å². The van der Waals surface area contributed by atoms with Gasteiger partial charge in [0.15, 0.2) is 0 Å². The molecule has 1 heterocycles. The Bertz CT molecular complexity index is 1030. The molecule has 2 aromatic carbocycles. The monoisotopic (exact) mass is 424 g/mol. The topological polar surface area (TPSA) is 77.1 Å². The molecule has 1 aliphatic rings. The molecule has 7 nitrogen and oxygen atoms in total. The number of ether oxygens (including phenoxy) is 3. The molecule has 0 bridgehead atoms. The number of imide groups is 1. The highest BCUT2D eigenvalue weighted by atomic mass is 16.5. The highest BCUT2D eigenvalue weighted by Crippen LogP contribution is 2.36. The Hall–Kier alpha value is -3.32. The zero-order chi connectivity index (χ0) is 22.5. The van der Waals surface area contributed by atoms with Gasteiger partial charge in [0.1, 0.15) is 17.2 Å². The van der Waals surface area contributed by atoms with Crippen LogP contribution in [0.4, 0.5) is 5.69 Å². The van der Waals surface area contributed by atoms with Crippen molar-refractivity contribution in [3.05, 3.63) is 58.8 Å². The van der Waals surface area contributed by atoms with Crippen LogP contribution in [0.2, 0.25) is 0 Å². The fourth-order valence-corrected chi connectivity index (χ4v) is 3.65. The first-order valence-corrected chi connectivity index (χ1v) is 10.1. The van der Waals surface area contributed by atoms with Crippen molar-refractivity contribution in [2.75, 3.05) is 39.8 Å². The summed E-state index contributed by atoms with van der Waals surface area (Å²) >= 11 is 0. The van der Waals surface area contributed by atoms with E-state index in [-0.39, 0.29) is 24.1 Å². The van der Waals surface area contributed by atoms with Crippen molar-refractivity contribution in [3.8, 4) is 11.5 Å². The van der Waals surface area contributed by atoms with Gasteiger partial charge in [0, 0.05) is 26.3 Å². The zero-order valence-electron chi connectivity index (χ0n) is 18.6. The first-order valence-electron chi connectivity index (χ1n) is 10.1. The Labute approximate surface area is 182 Å². The third-order valence-corrected chi connectivity index (χ3v) is 5.22.